The van der Waals surface area contributed by atoms with Gasteiger partial charge in [0, 0.05) is 18.3 Å². The van der Waals surface area contributed by atoms with Crippen molar-refractivity contribution < 1.29 is 4.79 Å². The van der Waals surface area contributed by atoms with E-state index >= 15 is 0 Å². The smallest absolute Gasteiger partial charge is 0.258 e. The lowest BCUT2D eigenvalue weighted by atomic mass is 10.2. The molecule has 30 heavy (non-hydrogen) atoms. The van der Waals surface area contributed by atoms with Gasteiger partial charge in [0.05, 0.1) is 34.6 Å². The minimum Gasteiger partial charge on any atom is -0.335 e. The number of nitrogens with zero attached hydrogens (tertiary/aromatic N) is 3. The van der Waals surface area contributed by atoms with E-state index in [0.29, 0.717) is 23.3 Å². The fraction of sp³-hybridized carbons (Fsp3) is 0.217. The molecule has 4 rings (SSSR count). The van der Waals surface area contributed by atoms with Crippen LogP contribution in [0.4, 0.5) is 0 Å². The molecule has 0 aliphatic rings. The van der Waals surface area contributed by atoms with E-state index in [1.54, 1.807) is 34.4 Å². The number of nitrogens with one attached hydrogen (secondary N) is 1. The summed E-state index contributed by atoms with van der Waals surface area (Å²) in [5.74, 6) is 0.446. The van der Waals surface area contributed by atoms with Crippen molar-refractivity contribution in [1.29, 1.82) is 0 Å². The number of hydrogen-bond donors (Lipinski definition) is 1. The van der Waals surface area contributed by atoms with Gasteiger partial charge in [-0.2, -0.15) is 0 Å². The highest BCUT2D eigenvalue weighted by Gasteiger charge is 2.16. The van der Waals surface area contributed by atoms with E-state index in [9.17, 15) is 9.59 Å². The number of para-hydroxylation sites is 1. The van der Waals surface area contributed by atoms with Crippen molar-refractivity contribution in [3.05, 3.63) is 92.4 Å². The molecule has 1 N–H and O–H groups in total. The van der Waals surface area contributed by atoms with Crippen LogP contribution in [-0.2, 0) is 24.2 Å². The molecule has 0 bridgehead atoms. The highest BCUT2D eigenvalue weighted by Crippen LogP contribution is 2.16. The Hall–Kier alpha value is -3.32. The monoisotopic (exact) mass is 418 g/mol. The average Bonchev–Trinajstić information content (AvgIpc) is 3.19. The molecule has 2 aromatic carbocycles. The van der Waals surface area contributed by atoms with Crippen molar-refractivity contribution in [2.24, 2.45) is 0 Å². The molecule has 2 heterocycles. The predicted octanol–water partition coefficient (Wildman–Crippen LogP) is 3.56. The SMILES string of the molecule is CCN(Cc1nc2ccccc2c(=O)[nH]1)C(=O)Cc1csc(Cc2ccccc2)n1. The molecule has 0 radical (unpaired) electrons. The van der Waals surface area contributed by atoms with Crippen LogP contribution in [0.5, 0.6) is 0 Å². The summed E-state index contributed by atoms with van der Waals surface area (Å²) in [5.41, 5.74) is 2.41. The number of benzene rings is 2. The van der Waals surface area contributed by atoms with Gasteiger partial charge in [0.25, 0.3) is 5.56 Å². The number of rotatable bonds is 7. The molecule has 0 saturated carbocycles. The number of likely N-dealkylation sites (N-methyl/N-ethyl adjacent to an activating group) is 1. The highest BCUT2D eigenvalue weighted by atomic mass is 32.1. The largest absolute Gasteiger partial charge is 0.335 e. The second-order valence-corrected chi connectivity index (χ2v) is 7.95. The summed E-state index contributed by atoms with van der Waals surface area (Å²) in [6.45, 7) is 2.70. The fourth-order valence-electron chi connectivity index (χ4n) is 3.32. The van der Waals surface area contributed by atoms with Crippen LogP contribution in [0.3, 0.4) is 0 Å². The van der Waals surface area contributed by atoms with Crippen LogP contribution in [0.15, 0.2) is 64.8 Å². The molecule has 1 amide bonds. The minimum atomic E-state index is -0.191. The van der Waals surface area contributed by atoms with E-state index < -0.39 is 0 Å². The number of H-pyrrole nitrogens is 1. The Morgan fingerprint density at radius 3 is 2.63 bits per heavy atom. The van der Waals surface area contributed by atoms with Gasteiger partial charge < -0.3 is 9.88 Å². The second-order valence-electron chi connectivity index (χ2n) is 7.01. The number of fused-ring (bicyclic) bond motifs is 1. The molecule has 0 aliphatic heterocycles. The van der Waals surface area contributed by atoms with Gasteiger partial charge >= 0.3 is 0 Å². The maximum Gasteiger partial charge on any atom is 0.258 e. The molecule has 2 aromatic heterocycles. The number of thiazole rings is 1. The molecule has 0 unspecified atom stereocenters. The van der Waals surface area contributed by atoms with Gasteiger partial charge in [-0.15, -0.1) is 11.3 Å². The Bertz CT molecular complexity index is 1220. The summed E-state index contributed by atoms with van der Waals surface area (Å²) < 4.78 is 0. The summed E-state index contributed by atoms with van der Waals surface area (Å²) in [6, 6.07) is 17.3. The van der Waals surface area contributed by atoms with Gasteiger partial charge in [-0.3, -0.25) is 9.59 Å². The molecular weight excluding hydrogens is 396 g/mol. The van der Waals surface area contributed by atoms with Gasteiger partial charge in [-0.25, -0.2) is 9.97 Å². The highest BCUT2D eigenvalue weighted by molar-refractivity contribution is 7.09. The molecule has 0 fully saturated rings. The van der Waals surface area contributed by atoms with Crippen molar-refractivity contribution in [1.82, 2.24) is 19.9 Å². The van der Waals surface area contributed by atoms with Crippen LogP contribution in [-0.4, -0.2) is 32.3 Å². The third-order valence-corrected chi connectivity index (χ3v) is 5.76. The number of carbonyl (C=O) groups is 1. The standard InChI is InChI=1S/C23H22N4O2S/c1-2-27(14-20-25-19-11-7-6-10-18(19)23(29)26-20)22(28)13-17-15-30-21(24-17)12-16-8-4-3-5-9-16/h3-11,15H,2,12-14H2,1H3,(H,25,26,29). The van der Waals surface area contributed by atoms with Gasteiger partial charge in [0.1, 0.15) is 5.82 Å². The van der Waals surface area contributed by atoms with Crippen LogP contribution < -0.4 is 5.56 Å². The molecule has 0 aliphatic carbocycles. The summed E-state index contributed by atoms with van der Waals surface area (Å²) >= 11 is 1.57. The summed E-state index contributed by atoms with van der Waals surface area (Å²) in [5, 5.41) is 3.48. The van der Waals surface area contributed by atoms with E-state index in [0.717, 1.165) is 17.1 Å². The Balaban J connectivity index is 1.44. The number of hydrogen-bond acceptors (Lipinski definition) is 5. The third-order valence-electron chi connectivity index (χ3n) is 4.87. The van der Waals surface area contributed by atoms with Crippen LogP contribution in [0.25, 0.3) is 10.9 Å². The molecule has 152 valence electrons. The summed E-state index contributed by atoms with van der Waals surface area (Å²) in [4.78, 5) is 38.7. The van der Waals surface area contributed by atoms with Crippen molar-refractivity contribution >= 4 is 28.1 Å². The molecule has 4 aromatic rings. The van der Waals surface area contributed by atoms with Gasteiger partial charge in [-0.1, -0.05) is 42.5 Å². The fourth-order valence-corrected chi connectivity index (χ4v) is 4.14. The van der Waals surface area contributed by atoms with Crippen molar-refractivity contribution in [3.63, 3.8) is 0 Å². The van der Waals surface area contributed by atoms with Crippen LogP contribution in [0.1, 0.15) is 29.0 Å². The van der Waals surface area contributed by atoms with Crippen LogP contribution in [0.2, 0.25) is 0 Å². The number of carbonyl (C=O) groups excluding carboxylic acids is 1. The minimum absolute atomic E-state index is 0.0372. The zero-order valence-corrected chi connectivity index (χ0v) is 17.5. The molecule has 7 heteroatoms. The third kappa shape index (κ3) is 4.63. The van der Waals surface area contributed by atoms with Crippen LogP contribution >= 0.6 is 11.3 Å². The first kappa shape index (κ1) is 20.0. The summed E-state index contributed by atoms with van der Waals surface area (Å²) in [7, 11) is 0. The Morgan fingerprint density at radius 1 is 1.07 bits per heavy atom. The molecule has 0 spiro atoms. The first-order valence-electron chi connectivity index (χ1n) is 9.85. The Kier molecular flexibility index (Phi) is 5.99. The van der Waals surface area contributed by atoms with E-state index in [2.05, 4.69) is 27.1 Å². The van der Waals surface area contributed by atoms with Gasteiger partial charge in [-0.05, 0) is 24.6 Å². The molecular formula is C23H22N4O2S. The van der Waals surface area contributed by atoms with Gasteiger partial charge in [0.15, 0.2) is 0 Å². The van der Waals surface area contributed by atoms with Crippen molar-refractivity contribution in [3.8, 4) is 0 Å². The topological polar surface area (TPSA) is 79.0 Å². The zero-order valence-electron chi connectivity index (χ0n) is 16.7. The zero-order chi connectivity index (χ0) is 20.9. The lowest BCUT2D eigenvalue weighted by molar-refractivity contribution is -0.131. The quantitative estimate of drug-likeness (QED) is 0.498. The number of amides is 1. The summed E-state index contributed by atoms with van der Waals surface area (Å²) in [6.07, 6.45) is 0.996. The Morgan fingerprint density at radius 2 is 1.83 bits per heavy atom. The number of aromatic nitrogens is 3. The van der Waals surface area contributed by atoms with E-state index in [1.807, 2.05) is 36.6 Å². The first-order valence-corrected chi connectivity index (χ1v) is 10.7. The van der Waals surface area contributed by atoms with Crippen molar-refractivity contribution in [2.75, 3.05) is 6.54 Å². The van der Waals surface area contributed by atoms with Gasteiger partial charge in [0.2, 0.25) is 5.91 Å². The Labute approximate surface area is 178 Å². The van der Waals surface area contributed by atoms with E-state index in [-0.39, 0.29) is 24.4 Å². The molecule has 6 nitrogen and oxygen atoms in total. The molecule has 0 atom stereocenters. The molecule has 0 saturated heterocycles. The lowest BCUT2D eigenvalue weighted by Gasteiger charge is -2.20. The maximum absolute atomic E-state index is 12.8. The average molecular weight is 419 g/mol. The predicted molar refractivity (Wildman–Crippen MR) is 119 cm³/mol. The van der Waals surface area contributed by atoms with E-state index in [1.165, 1.54) is 5.56 Å². The van der Waals surface area contributed by atoms with Crippen LogP contribution in [0, 0.1) is 0 Å². The lowest BCUT2D eigenvalue weighted by Crippen LogP contribution is -2.33. The number of aromatic amines is 1. The first-order chi connectivity index (χ1) is 14.6. The normalized spacial score (nSPS) is 11.0. The van der Waals surface area contributed by atoms with Crippen molar-refractivity contribution in [2.45, 2.75) is 26.3 Å². The van der Waals surface area contributed by atoms with E-state index in [4.69, 9.17) is 0 Å². The maximum atomic E-state index is 12.8. The second kappa shape index (κ2) is 9.00.